The normalized spacial score (nSPS) is 19.9. The highest BCUT2D eigenvalue weighted by molar-refractivity contribution is 5.70. The molecule has 1 saturated carbocycles. The van der Waals surface area contributed by atoms with Gasteiger partial charge in [0, 0.05) is 21.7 Å². The number of hydrogen-bond acceptors (Lipinski definition) is 3. The number of nitrogens with one attached hydrogen (secondary N) is 1. The van der Waals surface area contributed by atoms with Gasteiger partial charge in [-0.05, 0) is 25.7 Å². The summed E-state index contributed by atoms with van der Waals surface area (Å²) in [6.07, 6.45) is 3.87. The molecule has 1 aliphatic carbocycles. The fourth-order valence-electron chi connectivity index (χ4n) is 3.07. The first-order chi connectivity index (χ1) is 12.1. The summed E-state index contributed by atoms with van der Waals surface area (Å²) < 4.78 is 33.9. The molecule has 0 saturated heterocycles. The third-order valence-electron chi connectivity index (χ3n) is 4.09. The summed E-state index contributed by atoms with van der Waals surface area (Å²) in [5.41, 5.74) is -1.85. The van der Waals surface area contributed by atoms with Gasteiger partial charge in [0.05, 0.1) is 2.74 Å². The highest BCUT2D eigenvalue weighted by Gasteiger charge is 2.23. The van der Waals surface area contributed by atoms with Crippen LogP contribution >= 0.6 is 0 Å². The van der Waals surface area contributed by atoms with Gasteiger partial charge in [0.25, 0.3) is 5.56 Å². The second-order valence-corrected chi connectivity index (χ2v) is 5.58. The zero-order valence-electron chi connectivity index (χ0n) is 17.0. The molecule has 0 atom stereocenters. The van der Waals surface area contributed by atoms with E-state index in [-0.39, 0.29) is 29.9 Å². The number of fused-ring (bicyclic) bond motifs is 1. The Morgan fingerprint density at radius 1 is 1.18 bits per heavy atom. The van der Waals surface area contributed by atoms with Crippen molar-refractivity contribution in [3.8, 4) is 0 Å². The van der Waals surface area contributed by atoms with Crippen LogP contribution in [0.3, 0.4) is 0 Å². The van der Waals surface area contributed by atoms with Crippen LogP contribution in [0.4, 0.5) is 0 Å². The third-order valence-corrected chi connectivity index (χ3v) is 4.09. The third kappa shape index (κ3) is 2.40. The van der Waals surface area contributed by atoms with Crippen molar-refractivity contribution in [2.45, 2.75) is 71.3 Å². The van der Waals surface area contributed by atoms with Gasteiger partial charge < -0.3 is 4.98 Å². The molecule has 1 N–H and O–H groups in total. The van der Waals surface area contributed by atoms with E-state index < -0.39 is 24.2 Å². The van der Waals surface area contributed by atoms with Crippen molar-refractivity contribution in [1.29, 1.82) is 0 Å². The van der Waals surface area contributed by atoms with Gasteiger partial charge in [-0.1, -0.05) is 26.7 Å². The number of imidazole rings is 1. The first-order valence-electron chi connectivity index (χ1n) is 9.92. The minimum Gasteiger partial charge on any atom is -0.336 e. The average molecular weight is 308 g/mol. The lowest BCUT2D eigenvalue weighted by Gasteiger charge is -2.09. The highest BCUT2D eigenvalue weighted by atomic mass is 16.2. The van der Waals surface area contributed by atoms with Gasteiger partial charge in [0.1, 0.15) is 11.3 Å². The highest BCUT2D eigenvalue weighted by Crippen LogP contribution is 2.32. The Labute approximate surface area is 134 Å². The van der Waals surface area contributed by atoms with Crippen molar-refractivity contribution >= 4 is 11.2 Å². The molecule has 6 heteroatoms. The van der Waals surface area contributed by atoms with Gasteiger partial charge in [0.2, 0.25) is 0 Å². The molecule has 3 rings (SSSR count). The van der Waals surface area contributed by atoms with E-state index >= 15 is 0 Å². The van der Waals surface area contributed by atoms with E-state index in [0.717, 1.165) is 30.3 Å². The number of H-pyrrole nitrogens is 1. The smallest absolute Gasteiger partial charge is 0.332 e. The summed E-state index contributed by atoms with van der Waals surface area (Å²) in [7, 11) is 0. The Bertz CT molecular complexity index is 938. The Balaban J connectivity index is 2.41. The molecule has 0 aliphatic heterocycles. The summed E-state index contributed by atoms with van der Waals surface area (Å²) in [6, 6.07) is 0. The number of nitrogens with zero attached hydrogens (tertiary/aromatic N) is 3. The second kappa shape index (κ2) is 6.10. The lowest BCUT2D eigenvalue weighted by atomic mass is 10.1. The minimum absolute atomic E-state index is 0.0128. The molecule has 0 spiro atoms. The molecule has 0 radical (unpaired) electrons. The molecule has 2 heterocycles. The molecule has 22 heavy (non-hydrogen) atoms. The van der Waals surface area contributed by atoms with Crippen LogP contribution in [0.15, 0.2) is 9.59 Å². The Morgan fingerprint density at radius 2 is 1.82 bits per heavy atom. The minimum atomic E-state index is -2.22. The first-order valence-corrected chi connectivity index (χ1v) is 7.92. The summed E-state index contributed by atoms with van der Waals surface area (Å²) in [5, 5.41) is 0. The Morgan fingerprint density at radius 3 is 2.45 bits per heavy atom. The molecule has 0 bridgehead atoms. The monoisotopic (exact) mass is 308 g/mol. The molecule has 1 fully saturated rings. The topological polar surface area (TPSA) is 72.7 Å². The number of rotatable bonds is 5. The fraction of sp³-hybridized carbons (Fsp3) is 0.688. The fourth-order valence-corrected chi connectivity index (χ4v) is 3.07. The lowest BCUT2D eigenvalue weighted by Crippen LogP contribution is -2.40. The van der Waals surface area contributed by atoms with Crippen LogP contribution in [0.25, 0.3) is 11.2 Å². The average Bonchev–Trinajstić information content (AvgIpc) is 3.23. The van der Waals surface area contributed by atoms with E-state index in [1.165, 1.54) is 6.92 Å². The molecule has 0 amide bonds. The van der Waals surface area contributed by atoms with Crippen molar-refractivity contribution in [3.63, 3.8) is 0 Å². The Kier molecular flexibility index (Phi) is 3.00. The Hall–Kier alpha value is -1.85. The van der Waals surface area contributed by atoms with Gasteiger partial charge in [-0.25, -0.2) is 9.78 Å². The van der Waals surface area contributed by atoms with E-state index in [0.29, 0.717) is 10.4 Å². The van der Waals surface area contributed by atoms with Crippen LogP contribution in [-0.4, -0.2) is 19.1 Å². The van der Waals surface area contributed by atoms with Crippen LogP contribution in [0, 0.1) is 0 Å². The van der Waals surface area contributed by atoms with Crippen molar-refractivity contribution in [2.75, 3.05) is 0 Å². The van der Waals surface area contributed by atoms with Crippen molar-refractivity contribution in [2.24, 2.45) is 0 Å². The zero-order chi connectivity index (χ0) is 19.3. The summed E-state index contributed by atoms with van der Waals surface area (Å²) in [6.45, 7) is -1.18. The van der Waals surface area contributed by atoms with Gasteiger partial charge >= 0.3 is 5.69 Å². The van der Waals surface area contributed by atoms with Crippen LogP contribution in [-0.2, 0) is 13.0 Å². The molecular formula is C16H24N4O2. The summed E-state index contributed by atoms with van der Waals surface area (Å²) in [5.74, 6) is 0.721. The maximum Gasteiger partial charge on any atom is 0.332 e. The van der Waals surface area contributed by atoms with Crippen molar-refractivity contribution in [1.82, 2.24) is 19.1 Å². The molecule has 0 unspecified atom stereocenters. The zero-order valence-corrected chi connectivity index (χ0v) is 13.0. The molecule has 1 aliphatic rings. The van der Waals surface area contributed by atoms with E-state index in [1.807, 2.05) is 0 Å². The lowest BCUT2D eigenvalue weighted by molar-refractivity contribution is 0.555. The first kappa shape index (κ1) is 10.8. The molecular weight excluding hydrogens is 280 g/mol. The predicted molar refractivity (Wildman–Crippen MR) is 86.4 cm³/mol. The summed E-state index contributed by atoms with van der Waals surface area (Å²) >= 11 is 0. The largest absolute Gasteiger partial charge is 0.336 e. The van der Waals surface area contributed by atoms with Gasteiger partial charge in [-0.2, -0.15) is 0 Å². The van der Waals surface area contributed by atoms with Gasteiger partial charge in [-0.15, -0.1) is 0 Å². The van der Waals surface area contributed by atoms with Crippen LogP contribution in [0.1, 0.15) is 69.6 Å². The van der Waals surface area contributed by atoms with Gasteiger partial charge in [0.15, 0.2) is 5.65 Å². The number of hydrogen-bond donors (Lipinski definition) is 1. The van der Waals surface area contributed by atoms with E-state index in [4.69, 9.17) is 5.48 Å². The van der Waals surface area contributed by atoms with Gasteiger partial charge in [-0.3, -0.25) is 13.9 Å². The van der Waals surface area contributed by atoms with Crippen molar-refractivity contribution in [3.05, 3.63) is 26.7 Å². The van der Waals surface area contributed by atoms with Crippen LogP contribution in [0.2, 0.25) is 0 Å². The molecule has 6 nitrogen and oxygen atoms in total. The maximum atomic E-state index is 12.9. The van der Waals surface area contributed by atoms with Crippen LogP contribution < -0.4 is 11.2 Å². The predicted octanol–water partition coefficient (Wildman–Crippen LogP) is 2.36. The maximum absolute atomic E-state index is 12.9. The molecule has 2 aromatic heterocycles. The molecule has 120 valence electrons. The van der Waals surface area contributed by atoms with E-state index in [1.54, 1.807) is 6.92 Å². The van der Waals surface area contributed by atoms with Crippen molar-refractivity contribution < 1.29 is 5.48 Å². The molecule has 2 aromatic rings. The quantitative estimate of drug-likeness (QED) is 0.921. The number of aryl methyl sites for hydroxylation is 1. The SMILES string of the molecule is [2H]C([2H])(CC)n1c(=O)c2[nH]c(C3CCCC3)nc2n(C([2H])([2H])CC)c1=O. The summed E-state index contributed by atoms with van der Waals surface area (Å²) in [4.78, 5) is 33.2. The second-order valence-electron chi connectivity index (χ2n) is 5.58. The molecule has 0 aromatic carbocycles. The number of aromatic nitrogens is 4. The standard InChI is InChI=1S/C16H24N4O2/c1-3-9-19-14-12(15(21)20(10-4-2)16(19)22)17-13(18-14)11-7-5-6-8-11/h11H,3-10H2,1-2H3,(H,17,18)/i9D2,10D2. The number of aromatic amines is 1. The van der Waals surface area contributed by atoms with E-state index in [9.17, 15) is 9.59 Å². The van der Waals surface area contributed by atoms with Crippen LogP contribution in [0.5, 0.6) is 0 Å². The van der Waals surface area contributed by atoms with E-state index in [2.05, 4.69) is 9.97 Å².